The highest BCUT2D eigenvalue weighted by molar-refractivity contribution is 5.34. The Morgan fingerprint density at radius 3 is 2.58 bits per heavy atom. The van der Waals surface area contributed by atoms with Gasteiger partial charge in [0.05, 0.1) is 12.6 Å². The Balaban J connectivity index is 2.29. The summed E-state index contributed by atoms with van der Waals surface area (Å²) in [6.07, 6.45) is 2.24. The van der Waals surface area contributed by atoms with Gasteiger partial charge in [0.15, 0.2) is 0 Å². The van der Waals surface area contributed by atoms with E-state index in [9.17, 15) is 4.39 Å². The predicted molar refractivity (Wildman–Crippen MR) is 72.4 cm³/mol. The Morgan fingerprint density at radius 2 is 1.95 bits per heavy atom. The molecule has 2 aromatic rings. The molecular formula is C15H17FN2O. The zero-order valence-corrected chi connectivity index (χ0v) is 11.1. The Morgan fingerprint density at radius 1 is 1.26 bits per heavy atom. The summed E-state index contributed by atoms with van der Waals surface area (Å²) >= 11 is 0. The average molecular weight is 260 g/mol. The summed E-state index contributed by atoms with van der Waals surface area (Å²) in [5.41, 5.74) is 7.33. The standard InChI is InChI=1S/C15H17FN2O/c1-15(17,10-11-5-7-12(16)8-6-11)14-13(19-2)4-3-9-18-14/h3-9H,10,17H2,1-2H3. The van der Waals surface area contributed by atoms with Gasteiger partial charge in [0.2, 0.25) is 0 Å². The van der Waals surface area contributed by atoms with E-state index in [4.69, 9.17) is 10.5 Å². The molecule has 0 saturated heterocycles. The molecule has 2 N–H and O–H groups in total. The van der Waals surface area contributed by atoms with Crippen molar-refractivity contribution in [2.45, 2.75) is 18.9 Å². The second kappa shape index (κ2) is 5.36. The van der Waals surface area contributed by atoms with Crippen molar-refractivity contribution in [1.82, 2.24) is 4.98 Å². The van der Waals surface area contributed by atoms with Crippen LogP contribution in [0.3, 0.4) is 0 Å². The maximum Gasteiger partial charge on any atom is 0.142 e. The predicted octanol–water partition coefficient (Wildman–Crippen LogP) is 2.65. The van der Waals surface area contributed by atoms with Crippen molar-refractivity contribution < 1.29 is 9.13 Å². The first-order valence-electron chi connectivity index (χ1n) is 6.06. The highest BCUT2D eigenvalue weighted by atomic mass is 19.1. The minimum Gasteiger partial charge on any atom is -0.495 e. The summed E-state index contributed by atoms with van der Waals surface area (Å²) in [4.78, 5) is 4.31. The van der Waals surface area contributed by atoms with Gasteiger partial charge in [0.25, 0.3) is 0 Å². The summed E-state index contributed by atoms with van der Waals surface area (Å²) in [5, 5.41) is 0. The second-order valence-electron chi connectivity index (χ2n) is 4.77. The minimum absolute atomic E-state index is 0.252. The van der Waals surface area contributed by atoms with Crippen LogP contribution in [0.5, 0.6) is 5.75 Å². The van der Waals surface area contributed by atoms with Crippen LogP contribution >= 0.6 is 0 Å². The van der Waals surface area contributed by atoms with Gasteiger partial charge in [-0.15, -0.1) is 0 Å². The van der Waals surface area contributed by atoms with Crippen molar-refractivity contribution in [2.75, 3.05) is 7.11 Å². The quantitative estimate of drug-likeness (QED) is 0.919. The Kier molecular flexibility index (Phi) is 3.81. The van der Waals surface area contributed by atoms with Crippen LogP contribution in [0.4, 0.5) is 4.39 Å². The van der Waals surface area contributed by atoms with E-state index >= 15 is 0 Å². The highest BCUT2D eigenvalue weighted by Gasteiger charge is 2.26. The zero-order valence-electron chi connectivity index (χ0n) is 11.1. The molecule has 0 saturated carbocycles. The molecule has 0 radical (unpaired) electrons. The van der Waals surface area contributed by atoms with Crippen LogP contribution < -0.4 is 10.5 Å². The van der Waals surface area contributed by atoms with Crippen molar-refractivity contribution in [1.29, 1.82) is 0 Å². The summed E-state index contributed by atoms with van der Waals surface area (Å²) in [5.74, 6) is 0.410. The number of benzene rings is 1. The maximum atomic E-state index is 12.9. The average Bonchev–Trinajstić information content (AvgIpc) is 2.41. The minimum atomic E-state index is -0.676. The lowest BCUT2D eigenvalue weighted by molar-refractivity contribution is 0.378. The van der Waals surface area contributed by atoms with Gasteiger partial charge in [0, 0.05) is 6.20 Å². The van der Waals surface area contributed by atoms with Crippen LogP contribution in [-0.2, 0) is 12.0 Å². The van der Waals surface area contributed by atoms with E-state index in [1.807, 2.05) is 13.0 Å². The molecule has 100 valence electrons. The van der Waals surface area contributed by atoms with E-state index < -0.39 is 5.54 Å². The third-order valence-electron chi connectivity index (χ3n) is 3.02. The van der Waals surface area contributed by atoms with E-state index in [0.717, 1.165) is 5.56 Å². The molecule has 0 bridgehead atoms. The highest BCUT2D eigenvalue weighted by Crippen LogP contribution is 2.28. The molecule has 1 atom stereocenters. The van der Waals surface area contributed by atoms with E-state index in [2.05, 4.69) is 4.98 Å². The fourth-order valence-corrected chi connectivity index (χ4v) is 2.09. The van der Waals surface area contributed by atoms with E-state index in [0.29, 0.717) is 17.9 Å². The van der Waals surface area contributed by atoms with Crippen molar-refractivity contribution in [3.8, 4) is 5.75 Å². The molecule has 1 aromatic heterocycles. The van der Waals surface area contributed by atoms with Gasteiger partial charge < -0.3 is 10.5 Å². The molecule has 3 nitrogen and oxygen atoms in total. The van der Waals surface area contributed by atoms with Gasteiger partial charge in [-0.3, -0.25) is 4.98 Å². The van der Waals surface area contributed by atoms with Gasteiger partial charge in [-0.1, -0.05) is 12.1 Å². The SMILES string of the molecule is COc1cccnc1C(C)(N)Cc1ccc(F)cc1. The van der Waals surface area contributed by atoms with Gasteiger partial charge in [0.1, 0.15) is 17.3 Å². The third kappa shape index (κ3) is 3.09. The first-order chi connectivity index (χ1) is 9.03. The number of pyridine rings is 1. The van der Waals surface area contributed by atoms with Crippen molar-refractivity contribution in [3.63, 3.8) is 0 Å². The number of hydrogen-bond donors (Lipinski definition) is 1. The van der Waals surface area contributed by atoms with Crippen LogP contribution in [0, 0.1) is 5.82 Å². The summed E-state index contributed by atoms with van der Waals surface area (Å²) in [6.45, 7) is 1.89. The Labute approximate surface area is 112 Å². The first-order valence-corrected chi connectivity index (χ1v) is 6.06. The lowest BCUT2D eigenvalue weighted by atomic mass is 9.89. The van der Waals surface area contributed by atoms with Crippen LogP contribution in [0.1, 0.15) is 18.2 Å². The number of aromatic nitrogens is 1. The maximum absolute atomic E-state index is 12.9. The monoisotopic (exact) mass is 260 g/mol. The number of nitrogens with zero attached hydrogens (tertiary/aromatic N) is 1. The molecular weight excluding hydrogens is 243 g/mol. The normalized spacial score (nSPS) is 13.9. The topological polar surface area (TPSA) is 48.1 Å². The van der Waals surface area contributed by atoms with Crippen LogP contribution in [0.15, 0.2) is 42.6 Å². The molecule has 19 heavy (non-hydrogen) atoms. The van der Waals surface area contributed by atoms with Crippen LogP contribution in [0.2, 0.25) is 0 Å². The van der Waals surface area contributed by atoms with E-state index in [1.54, 1.807) is 31.5 Å². The van der Waals surface area contributed by atoms with E-state index in [-0.39, 0.29) is 5.82 Å². The Bertz CT molecular complexity index is 552. The largest absolute Gasteiger partial charge is 0.495 e. The molecule has 1 aromatic carbocycles. The lowest BCUT2D eigenvalue weighted by Crippen LogP contribution is -2.36. The van der Waals surface area contributed by atoms with Crippen LogP contribution in [0.25, 0.3) is 0 Å². The molecule has 4 heteroatoms. The molecule has 0 amide bonds. The van der Waals surface area contributed by atoms with Gasteiger partial charge in [-0.05, 0) is 43.2 Å². The van der Waals surface area contributed by atoms with Crippen molar-refractivity contribution >= 4 is 0 Å². The molecule has 1 heterocycles. The number of rotatable bonds is 4. The zero-order chi connectivity index (χ0) is 13.9. The summed E-state index contributed by atoms with van der Waals surface area (Å²) in [7, 11) is 1.59. The first kappa shape index (κ1) is 13.5. The number of halogens is 1. The second-order valence-corrected chi connectivity index (χ2v) is 4.77. The number of nitrogens with two attached hydrogens (primary N) is 1. The summed E-state index contributed by atoms with van der Waals surface area (Å²) < 4.78 is 18.2. The smallest absolute Gasteiger partial charge is 0.142 e. The molecule has 0 spiro atoms. The summed E-state index contributed by atoms with van der Waals surface area (Å²) in [6, 6.07) is 9.96. The van der Waals surface area contributed by atoms with Crippen molar-refractivity contribution in [3.05, 3.63) is 59.7 Å². The van der Waals surface area contributed by atoms with Gasteiger partial charge in [-0.25, -0.2) is 4.39 Å². The molecule has 0 aliphatic rings. The number of hydrogen-bond acceptors (Lipinski definition) is 3. The number of ether oxygens (including phenoxy) is 1. The lowest BCUT2D eigenvalue weighted by Gasteiger charge is -2.25. The molecule has 0 fully saturated rings. The number of methoxy groups -OCH3 is 1. The Hall–Kier alpha value is -1.94. The fourth-order valence-electron chi connectivity index (χ4n) is 2.09. The molecule has 2 rings (SSSR count). The van der Waals surface area contributed by atoms with Crippen molar-refractivity contribution in [2.24, 2.45) is 5.73 Å². The molecule has 1 unspecified atom stereocenters. The third-order valence-corrected chi connectivity index (χ3v) is 3.02. The fraction of sp³-hybridized carbons (Fsp3) is 0.267. The van der Waals surface area contributed by atoms with Crippen LogP contribution in [-0.4, -0.2) is 12.1 Å². The van der Waals surface area contributed by atoms with Gasteiger partial charge >= 0.3 is 0 Å². The molecule has 0 aliphatic heterocycles. The van der Waals surface area contributed by atoms with Gasteiger partial charge in [-0.2, -0.15) is 0 Å². The molecule has 0 aliphatic carbocycles. The van der Waals surface area contributed by atoms with E-state index in [1.165, 1.54) is 12.1 Å².